The van der Waals surface area contributed by atoms with Crippen LogP contribution in [-0.4, -0.2) is 38.5 Å². The molecule has 2 rings (SSSR count). The van der Waals surface area contributed by atoms with E-state index < -0.39 is 0 Å². The maximum atomic E-state index is 10.8. The average molecular weight is 274 g/mol. The van der Waals surface area contributed by atoms with E-state index in [0.717, 1.165) is 17.2 Å². The third kappa shape index (κ3) is 3.31. The minimum atomic E-state index is -0.0420. The summed E-state index contributed by atoms with van der Waals surface area (Å²) < 4.78 is 1.91. The number of carbonyl (C=O) groups excluding carboxylic acids is 1. The standard InChI is InChI=1S/C13H18N6O/c1-9-10(2)19(8-18-9)13-6-12(16-7-17-13)15-5-4-14-11(3)20/h6-8H,4-5H2,1-3H3,(H,14,20)(H,15,16,17). The fourth-order valence-corrected chi connectivity index (χ4v) is 1.73. The lowest BCUT2D eigenvalue weighted by molar-refractivity contribution is -0.118. The highest BCUT2D eigenvalue weighted by atomic mass is 16.1. The zero-order chi connectivity index (χ0) is 14.5. The van der Waals surface area contributed by atoms with E-state index in [9.17, 15) is 4.79 Å². The molecule has 0 saturated carbocycles. The third-order valence-corrected chi connectivity index (χ3v) is 2.96. The number of rotatable bonds is 5. The molecule has 2 aromatic rings. The Balaban J connectivity index is 2.05. The molecule has 0 spiro atoms. The Hall–Kier alpha value is -2.44. The molecular weight excluding hydrogens is 256 g/mol. The largest absolute Gasteiger partial charge is 0.368 e. The van der Waals surface area contributed by atoms with Gasteiger partial charge in [-0.2, -0.15) is 0 Å². The highest BCUT2D eigenvalue weighted by Gasteiger charge is 2.06. The lowest BCUT2D eigenvalue weighted by atomic mass is 10.4. The van der Waals surface area contributed by atoms with Gasteiger partial charge in [0.25, 0.3) is 0 Å². The van der Waals surface area contributed by atoms with Gasteiger partial charge < -0.3 is 10.6 Å². The van der Waals surface area contributed by atoms with Crippen molar-refractivity contribution in [1.82, 2.24) is 24.8 Å². The lowest BCUT2D eigenvalue weighted by Crippen LogP contribution is -2.26. The van der Waals surface area contributed by atoms with Gasteiger partial charge in [0, 0.05) is 31.8 Å². The summed E-state index contributed by atoms with van der Waals surface area (Å²) in [4.78, 5) is 23.4. The van der Waals surface area contributed by atoms with Crippen LogP contribution in [0, 0.1) is 13.8 Å². The van der Waals surface area contributed by atoms with Crippen molar-refractivity contribution in [3.8, 4) is 5.82 Å². The van der Waals surface area contributed by atoms with E-state index in [4.69, 9.17) is 0 Å². The fraction of sp³-hybridized carbons (Fsp3) is 0.385. The van der Waals surface area contributed by atoms with E-state index in [-0.39, 0.29) is 5.91 Å². The second-order valence-electron chi connectivity index (χ2n) is 4.46. The Labute approximate surface area is 117 Å². The second-order valence-corrected chi connectivity index (χ2v) is 4.46. The molecule has 0 atom stereocenters. The number of hydrogen-bond acceptors (Lipinski definition) is 5. The van der Waals surface area contributed by atoms with Crippen LogP contribution in [0.1, 0.15) is 18.3 Å². The minimum absolute atomic E-state index is 0.0420. The van der Waals surface area contributed by atoms with Crippen molar-refractivity contribution in [3.05, 3.63) is 30.1 Å². The molecule has 2 N–H and O–H groups in total. The summed E-state index contributed by atoms with van der Waals surface area (Å²) in [5, 5.41) is 5.85. The SMILES string of the molecule is CC(=O)NCCNc1cc(-n2cnc(C)c2C)ncn1. The molecule has 0 aromatic carbocycles. The third-order valence-electron chi connectivity index (χ3n) is 2.96. The number of amides is 1. The zero-order valence-electron chi connectivity index (χ0n) is 11.8. The van der Waals surface area contributed by atoms with E-state index in [1.165, 1.54) is 13.3 Å². The van der Waals surface area contributed by atoms with E-state index in [1.807, 2.05) is 24.5 Å². The van der Waals surface area contributed by atoms with Gasteiger partial charge in [-0.05, 0) is 13.8 Å². The Morgan fingerprint density at radius 3 is 2.70 bits per heavy atom. The van der Waals surface area contributed by atoms with Gasteiger partial charge in [-0.3, -0.25) is 9.36 Å². The summed E-state index contributed by atoms with van der Waals surface area (Å²) in [6.07, 6.45) is 3.25. The number of aryl methyl sites for hydroxylation is 1. The van der Waals surface area contributed by atoms with Crippen LogP contribution in [0.5, 0.6) is 0 Å². The van der Waals surface area contributed by atoms with E-state index in [0.29, 0.717) is 18.9 Å². The number of nitrogens with one attached hydrogen (secondary N) is 2. The number of imidazole rings is 1. The second kappa shape index (κ2) is 6.14. The van der Waals surface area contributed by atoms with E-state index in [1.54, 1.807) is 6.33 Å². The first-order valence-corrected chi connectivity index (χ1v) is 6.39. The molecule has 1 amide bonds. The molecule has 0 saturated heterocycles. The molecule has 0 radical (unpaired) electrons. The van der Waals surface area contributed by atoms with Crippen LogP contribution in [-0.2, 0) is 4.79 Å². The van der Waals surface area contributed by atoms with Gasteiger partial charge in [0.1, 0.15) is 24.3 Å². The Bertz CT molecular complexity index is 607. The first-order chi connectivity index (χ1) is 9.58. The van der Waals surface area contributed by atoms with Gasteiger partial charge in [-0.25, -0.2) is 15.0 Å². The number of anilines is 1. The van der Waals surface area contributed by atoms with Crippen molar-refractivity contribution in [2.24, 2.45) is 0 Å². The van der Waals surface area contributed by atoms with Crippen molar-refractivity contribution in [2.45, 2.75) is 20.8 Å². The van der Waals surface area contributed by atoms with Gasteiger partial charge in [-0.15, -0.1) is 0 Å². The van der Waals surface area contributed by atoms with Gasteiger partial charge >= 0.3 is 0 Å². The summed E-state index contributed by atoms with van der Waals surface area (Å²) in [5.74, 6) is 1.44. The molecule has 0 aliphatic heterocycles. The summed E-state index contributed by atoms with van der Waals surface area (Å²) >= 11 is 0. The summed E-state index contributed by atoms with van der Waals surface area (Å²) in [6, 6.07) is 1.85. The first-order valence-electron chi connectivity index (χ1n) is 6.39. The molecular formula is C13H18N6O. The van der Waals surface area contributed by atoms with Crippen LogP contribution >= 0.6 is 0 Å². The highest BCUT2D eigenvalue weighted by Crippen LogP contribution is 2.13. The number of aromatic nitrogens is 4. The van der Waals surface area contributed by atoms with Crippen molar-refractivity contribution in [2.75, 3.05) is 18.4 Å². The molecule has 0 fully saturated rings. The van der Waals surface area contributed by atoms with Gasteiger partial charge in [0.15, 0.2) is 0 Å². The fourth-order valence-electron chi connectivity index (χ4n) is 1.73. The number of hydrogen-bond donors (Lipinski definition) is 2. The first kappa shape index (κ1) is 14.0. The molecule has 20 heavy (non-hydrogen) atoms. The Kier molecular flexibility index (Phi) is 4.29. The maximum Gasteiger partial charge on any atom is 0.216 e. The molecule has 0 unspecified atom stereocenters. The van der Waals surface area contributed by atoms with Crippen LogP contribution in [0.15, 0.2) is 18.7 Å². The van der Waals surface area contributed by atoms with E-state index in [2.05, 4.69) is 25.6 Å². The molecule has 106 valence electrons. The number of nitrogens with zero attached hydrogens (tertiary/aromatic N) is 4. The molecule has 7 nitrogen and oxygen atoms in total. The predicted molar refractivity (Wildman–Crippen MR) is 75.8 cm³/mol. The normalized spacial score (nSPS) is 10.3. The molecule has 7 heteroatoms. The molecule has 0 bridgehead atoms. The molecule has 0 aliphatic carbocycles. The van der Waals surface area contributed by atoms with Crippen LogP contribution in [0.4, 0.5) is 5.82 Å². The lowest BCUT2D eigenvalue weighted by Gasteiger charge is -2.08. The topological polar surface area (TPSA) is 84.7 Å². The molecule has 2 heterocycles. The van der Waals surface area contributed by atoms with Crippen LogP contribution in [0.25, 0.3) is 5.82 Å². The number of carbonyl (C=O) groups is 1. The van der Waals surface area contributed by atoms with E-state index >= 15 is 0 Å². The van der Waals surface area contributed by atoms with Crippen molar-refractivity contribution in [3.63, 3.8) is 0 Å². The van der Waals surface area contributed by atoms with Gasteiger partial charge in [0.05, 0.1) is 5.69 Å². The monoisotopic (exact) mass is 274 g/mol. The quantitative estimate of drug-likeness (QED) is 0.789. The zero-order valence-corrected chi connectivity index (χ0v) is 11.8. The Morgan fingerprint density at radius 2 is 2.05 bits per heavy atom. The molecule has 0 aliphatic rings. The van der Waals surface area contributed by atoms with Crippen LogP contribution in [0.3, 0.4) is 0 Å². The smallest absolute Gasteiger partial charge is 0.216 e. The highest BCUT2D eigenvalue weighted by molar-refractivity contribution is 5.72. The summed E-state index contributed by atoms with van der Waals surface area (Å²) in [5.41, 5.74) is 2.02. The molecule has 2 aromatic heterocycles. The van der Waals surface area contributed by atoms with Crippen LogP contribution < -0.4 is 10.6 Å². The predicted octanol–water partition coefficient (Wildman–Crippen LogP) is 0.827. The minimum Gasteiger partial charge on any atom is -0.368 e. The van der Waals surface area contributed by atoms with Gasteiger partial charge in [-0.1, -0.05) is 0 Å². The average Bonchev–Trinajstić information content (AvgIpc) is 2.75. The van der Waals surface area contributed by atoms with Crippen molar-refractivity contribution < 1.29 is 4.79 Å². The van der Waals surface area contributed by atoms with Crippen molar-refractivity contribution in [1.29, 1.82) is 0 Å². The summed E-state index contributed by atoms with van der Waals surface area (Å²) in [7, 11) is 0. The van der Waals surface area contributed by atoms with Gasteiger partial charge in [0.2, 0.25) is 5.91 Å². The van der Waals surface area contributed by atoms with Crippen molar-refractivity contribution >= 4 is 11.7 Å². The van der Waals surface area contributed by atoms with Crippen LogP contribution in [0.2, 0.25) is 0 Å². The summed E-state index contributed by atoms with van der Waals surface area (Å²) in [6.45, 7) is 6.61. The Morgan fingerprint density at radius 1 is 1.25 bits per heavy atom. The maximum absolute atomic E-state index is 10.8.